The molecule has 114 valence electrons. The van der Waals surface area contributed by atoms with E-state index in [-0.39, 0.29) is 0 Å². The highest BCUT2D eigenvalue weighted by Gasteiger charge is 2.53. The molecule has 22 heavy (non-hydrogen) atoms. The van der Waals surface area contributed by atoms with E-state index in [1.54, 1.807) is 38.2 Å². The number of pyridine rings is 1. The van der Waals surface area contributed by atoms with Crippen molar-refractivity contribution >= 4 is 5.71 Å². The van der Waals surface area contributed by atoms with Crippen LogP contribution in [0.3, 0.4) is 0 Å². The van der Waals surface area contributed by atoms with Crippen LogP contribution in [-0.4, -0.2) is 31.2 Å². The van der Waals surface area contributed by atoms with E-state index in [1.807, 2.05) is 0 Å². The van der Waals surface area contributed by atoms with Crippen LogP contribution < -0.4 is 0 Å². The highest BCUT2D eigenvalue weighted by molar-refractivity contribution is 6.02. The molecule has 1 aliphatic heterocycles. The molecule has 2 heterocycles. The quantitative estimate of drug-likeness (QED) is 0.684. The molecule has 0 amide bonds. The predicted molar refractivity (Wildman–Crippen MR) is 78.8 cm³/mol. The van der Waals surface area contributed by atoms with Gasteiger partial charge in [0.05, 0.1) is 0 Å². The predicted octanol–water partition coefficient (Wildman–Crippen LogP) is 2.70. The molecular formula is C16H16FN3O2. The third-order valence-corrected chi connectivity index (χ3v) is 3.90. The molecule has 1 aromatic heterocycles. The molecule has 3 rings (SSSR count). The normalized spacial score (nSPS) is 21.4. The third-order valence-electron chi connectivity index (χ3n) is 3.90. The van der Waals surface area contributed by atoms with Gasteiger partial charge in [-0.2, -0.15) is 4.74 Å². The second-order valence-electron chi connectivity index (χ2n) is 5.72. The van der Waals surface area contributed by atoms with E-state index in [0.29, 0.717) is 17.0 Å². The van der Waals surface area contributed by atoms with Gasteiger partial charge in [-0.05, 0) is 50.2 Å². The van der Waals surface area contributed by atoms with Crippen LogP contribution in [0.2, 0.25) is 0 Å². The number of halogens is 1. The lowest BCUT2D eigenvalue weighted by atomic mass is 9.96. The Hall–Kier alpha value is -2.31. The summed E-state index contributed by atoms with van der Waals surface area (Å²) in [5.41, 5.74) is 0.462. The van der Waals surface area contributed by atoms with Crippen molar-refractivity contribution in [3.05, 3.63) is 70.9 Å². The van der Waals surface area contributed by atoms with Gasteiger partial charge in [0.1, 0.15) is 17.1 Å². The molecule has 1 aliphatic rings. The minimum absolute atomic E-state index is 0.366. The molecule has 1 atom stereocenters. The van der Waals surface area contributed by atoms with Crippen LogP contribution in [-0.2, 0) is 0 Å². The first-order chi connectivity index (χ1) is 10.4. The molecule has 0 saturated carbocycles. The molecule has 6 heteroatoms. The standard InChI is InChI=1S/C16H16FN3O2/c1-16(2)14(13-5-3-4-10-18-13)19(21)15(20(16)22)11-6-8-12(17)9-7-11/h3-10,15,22H,1-2H3/t15-/m0/s1. The Bertz CT molecular complexity index is 714. The third kappa shape index (κ3) is 2.17. The summed E-state index contributed by atoms with van der Waals surface area (Å²) in [6.07, 6.45) is 0.659. The SMILES string of the molecule is CC1(C)C(c2ccccn2)=[N+]([O-])[C@H](c2ccc(F)cc2)N1O. The maximum absolute atomic E-state index is 13.1. The molecule has 0 spiro atoms. The first kappa shape index (κ1) is 14.6. The van der Waals surface area contributed by atoms with E-state index in [1.165, 1.54) is 24.3 Å². The summed E-state index contributed by atoms with van der Waals surface area (Å²) < 4.78 is 13.8. The van der Waals surface area contributed by atoms with Gasteiger partial charge in [-0.1, -0.05) is 6.07 Å². The topological polar surface area (TPSA) is 62.4 Å². The fourth-order valence-corrected chi connectivity index (χ4v) is 2.75. The fourth-order valence-electron chi connectivity index (χ4n) is 2.75. The Labute approximate surface area is 127 Å². The molecule has 0 unspecified atom stereocenters. The molecule has 0 bridgehead atoms. The Morgan fingerprint density at radius 1 is 1.23 bits per heavy atom. The molecular weight excluding hydrogens is 285 g/mol. The molecule has 0 radical (unpaired) electrons. The Morgan fingerprint density at radius 3 is 2.50 bits per heavy atom. The fraction of sp³-hybridized carbons (Fsp3) is 0.250. The highest BCUT2D eigenvalue weighted by Crippen LogP contribution is 2.36. The summed E-state index contributed by atoms with van der Waals surface area (Å²) in [5.74, 6) is -0.392. The second kappa shape index (κ2) is 5.15. The van der Waals surface area contributed by atoms with E-state index in [0.717, 1.165) is 9.80 Å². The van der Waals surface area contributed by atoms with Gasteiger partial charge < -0.3 is 10.4 Å². The van der Waals surface area contributed by atoms with Crippen molar-refractivity contribution < 1.29 is 14.3 Å². The average Bonchev–Trinajstić information content (AvgIpc) is 2.67. The van der Waals surface area contributed by atoms with Crippen LogP contribution in [0.1, 0.15) is 31.3 Å². The van der Waals surface area contributed by atoms with Crippen LogP contribution in [0.5, 0.6) is 0 Å². The Morgan fingerprint density at radius 2 is 1.91 bits per heavy atom. The van der Waals surface area contributed by atoms with Crippen molar-refractivity contribution in [3.63, 3.8) is 0 Å². The summed E-state index contributed by atoms with van der Waals surface area (Å²) in [4.78, 5) is 4.21. The van der Waals surface area contributed by atoms with Gasteiger partial charge in [0.25, 0.3) is 6.17 Å². The zero-order valence-corrected chi connectivity index (χ0v) is 12.3. The molecule has 0 fully saturated rings. The van der Waals surface area contributed by atoms with E-state index >= 15 is 0 Å². The molecule has 5 nitrogen and oxygen atoms in total. The number of aromatic nitrogens is 1. The summed E-state index contributed by atoms with van der Waals surface area (Å²) in [6.45, 7) is 3.48. The van der Waals surface area contributed by atoms with Crippen LogP contribution in [0.15, 0.2) is 48.7 Å². The zero-order valence-electron chi connectivity index (χ0n) is 12.3. The minimum Gasteiger partial charge on any atom is -0.622 e. The van der Waals surface area contributed by atoms with Crippen LogP contribution in [0.25, 0.3) is 0 Å². The number of hydrogen-bond acceptors (Lipinski definition) is 4. The van der Waals surface area contributed by atoms with Crippen LogP contribution in [0.4, 0.5) is 4.39 Å². The number of hydroxylamine groups is 3. The van der Waals surface area contributed by atoms with Gasteiger partial charge in [0, 0.05) is 11.8 Å². The van der Waals surface area contributed by atoms with Gasteiger partial charge in [0.15, 0.2) is 0 Å². The molecule has 1 N–H and O–H groups in total. The summed E-state index contributed by atoms with van der Waals surface area (Å²) in [5, 5.41) is 24.2. The van der Waals surface area contributed by atoms with Gasteiger partial charge >= 0.3 is 0 Å². The van der Waals surface area contributed by atoms with Crippen LogP contribution >= 0.6 is 0 Å². The molecule has 2 aromatic rings. The van der Waals surface area contributed by atoms with Crippen molar-refractivity contribution in [3.8, 4) is 0 Å². The monoisotopic (exact) mass is 301 g/mol. The largest absolute Gasteiger partial charge is 0.622 e. The Kier molecular flexibility index (Phi) is 3.42. The lowest BCUT2D eigenvalue weighted by Crippen LogP contribution is -2.44. The summed E-state index contributed by atoms with van der Waals surface area (Å²) in [7, 11) is 0. The van der Waals surface area contributed by atoms with Crippen LogP contribution in [0, 0.1) is 11.0 Å². The van der Waals surface area contributed by atoms with Gasteiger partial charge in [-0.25, -0.2) is 4.39 Å². The zero-order chi connectivity index (χ0) is 15.9. The van der Waals surface area contributed by atoms with Crippen molar-refractivity contribution in [1.82, 2.24) is 10.0 Å². The summed E-state index contributed by atoms with van der Waals surface area (Å²) in [6, 6.07) is 10.8. The van der Waals surface area contributed by atoms with Gasteiger partial charge in [-0.3, -0.25) is 4.98 Å². The molecule has 0 saturated heterocycles. The van der Waals surface area contributed by atoms with E-state index in [4.69, 9.17) is 0 Å². The highest BCUT2D eigenvalue weighted by atomic mass is 19.1. The van der Waals surface area contributed by atoms with E-state index in [9.17, 15) is 14.8 Å². The van der Waals surface area contributed by atoms with Crippen molar-refractivity contribution in [2.24, 2.45) is 0 Å². The first-order valence-corrected chi connectivity index (χ1v) is 6.92. The maximum atomic E-state index is 13.1. The molecule has 1 aromatic carbocycles. The van der Waals surface area contributed by atoms with Crippen molar-refractivity contribution in [1.29, 1.82) is 0 Å². The first-order valence-electron chi connectivity index (χ1n) is 6.92. The van der Waals surface area contributed by atoms with E-state index < -0.39 is 17.5 Å². The van der Waals surface area contributed by atoms with Gasteiger partial charge in [-0.15, -0.1) is 5.06 Å². The average molecular weight is 301 g/mol. The number of nitrogens with zero attached hydrogens (tertiary/aromatic N) is 3. The van der Waals surface area contributed by atoms with Gasteiger partial charge in [0.2, 0.25) is 5.71 Å². The maximum Gasteiger partial charge on any atom is 0.268 e. The lowest BCUT2D eigenvalue weighted by Gasteiger charge is -2.25. The van der Waals surface area contributed by atoms with E-state index in [2.05, 4.69) is 4.98 Å². The number of rotatable bonds is 2. The van der Waals surface area contributed by atoms with Crippen molar-refractivity contribution in [2.75, 3.05) is 0 Å². The Balaban J connectivity index is 2.13. The lowest BCUT2D eigenvalue weighted by molar-refractivity contribution is -0.544. The second-order valence-corrected chi connectivity index (χ2v) is 5.72. The molecule has 0 aliphatic carbocycles. The smallest absolute Gasteiger partial charge is 0.268 e. The van der Waals surface area contributed by atoms with Crippen molar-refractivity contribution in [2.45, 2.75) is 25.6 Å². The summed E-state index contributed by atoms with van der Waals surface area (Å²) >= 11 is 0. The number of benzene rings is 1. The number of hydrogen-bond donors (Lipinski definition) is 1. The minimum atomic E-state index is -0.937.